The van der Waals surface area contributed by atoms with E-state index in [2.05, 4.69) is 123 Å². The summed E-state index contributed by atoms with van der Waals surface area (Å²) in [5, 5.41) is 8.26. The molecule has 6 aromatic rings. The zero-order valence-electron chi connectivity index (χ0n) is 18.9. The van der Waals surface area contributed by atoms with E-state index >= 15 is 0 Å². The predicted octanol–water partition coefficient (Wildman–Crippen LogP) is 9.12. The normalized spacial score (nSPS) is 14.0. The van der Waals surface area contributed by atoms with E-state index in [1.807, 2.05) is 0 Å². The van der Waals surface area contributed by atoms with Gasteiger partial charge in [0.25, 0.3) is 0 Å². The summed E-state index contributed by atoms with van der Waals surface area (Å²) in [5.41, 5.74) is 7.93. The average Bonchev–Trinajstić information content (AvgIpc) is 2.87. The van der Waals surface area contributed by atoms with Crippen molar-refractivity contribution in [1.82, 2.24) is 0 Å². The Kier molecular flexibility index (Phi) is 3.71. The highest BCUT2D eigenvalue weighted by Crippen LogP contribution is 2.50. The second-order valence-electron chi connectivity index (χ2n) is 9.79. The number of hydrogen-bond acceptors (Lipinski definition) is 0. The standard InChI is InChI=1S/C33H24/c1-33(2)28-15-7-11-22-17-18-26-27(20-25-14-8-16-29(33)31(25)32(26)30(22)28)24-13-6-12-23(19-24)21-9-4-3-5-10-21/h3-20H,1-2H3. The van der Waals surface area contributed by atoms with E-state index < -0.39 is 0 Å². The molecule has 0 spiro atoms. The van der Waals surface area contributed by atoms with Crippen LogP contribution in [0, 0.1) is 0 Å². The lowest BCUT2D eigenvalue weighted by atomic mass is 9.69. The van der Waals surface area contributed by atoms with Crippen molar-refractivity contribution < 1.29 is 0 Å². The van der Waals surface area contributed by atoms with Crippen molar-refractivity contribution in [3.05, 3.63) is 120 Å². The van der Waals surface area contributed by atoms with Crippen LogP contribution in [0.5, 0.6) is 0 Å². The van der Waals surface area contributed by atoms with Gasteiger partial charge in [0, 0.05) is 5.41 Å². The van der Waals surface area contributed by atoms with Crippen LogP contribution < -0.4 is 0 Å². The maximum absolute atomic E-state index is 2.40. The second kappa shape index (κ2) is 6.56. The quantitative estimate of drug-likeness (QED) is 0.245. The van der Waals surface area contributed by atoms with E-state index in [0.29, 0.717) is 0 Å². The maximum atomic E-state index is 2.40. The molecular weight excluding hydrogens is 396 g/mol. The van der Waals surface area contributed by atoms with Gasteiger partial charge in [-0.3, -0.25) is 0 Å². The van der Waals surface area contributed by atoms with Gasteiger partial charge in [0.1, 0.15) is 0 Å². The third-order valence-electron chi connectivity index (χ3n) is 7.61. The Morgan fingerprint density at radius 1 is 0.455 bits per heavy atom. The van der Waals surface area contributed by atoms with Gasteiger partial charge >= 0.3 is 0 Å². The van der Waals surface area contributed by atoms with Crippen LogP contribution in [0.25, 0.3) is 54.6 Å². The Balaban J connectivity index is 1.63. The van der Waals surface area contributed by atoms with E-state index in [4.69, 9.17) is 0 Å². The first kappa shape index (κ1) is 18.7. The third kappa shape index (κ3) is 2.52. The maximum Gasteiger partial charge on any atom is 0.0159 e. The van der Waals surface area contributed by atoms with Crippen molar-refractivity contribution in [2.75, 3.05) is 0 Å². The van der Waals surface area contributed by atoms with Crippen LogP contribution in [0.15, 0.2) is 109 Å². The molecule has 6 aromatic carbocycles. The minimum Gasteiger partial charge on any atom is -0.0622 e. The highest BCUT2D eigenvalue weighted by molar-refractivity contribution is 6.27. The van der Waals surface area contributed by atoms with Gasteiger partial charge in [-0.15, -0.1) is 0 Å². The molecule has 33 heavy (non-hydrogen) atoms. The summed E-state index contributed by atoms with van der Waals surface area (Å²) in [6.07, 6.45) is 0. The molecule has 0 radical (unpaired) electrons. The fourth-order valence-corrected chi connectivity index (χ4v) is 5.99. The molecule has 0 heteroatoms. The number of rotatable bonds is 2. The van der Waals surface area contributed by atoms with Crippen molar-refractivity contribution in [2.45, 2.75) is 19.3 Å². The SMILES string of the molecule is CC1(C)c2cccc3ccc4c(-c5cccc(-c6ccccc6)c5)cc5cccc1c5c4c23. The van der Waals surface area contributed by atoms with Crippen molar-refractivity contribution >= 4 is 32.3 Å². The Hall–Kier alpha value is -3.90. The summed E-state index contributed by atoms with van der Waals surface area (Å²) in [4.78, 5) is 0. The molecule has 7 rings (SSSR count). The average molecular weight is 421 g/mol. The van der Waals surface area contributed by atoms with Crippen LogP contribution in [0.4, 0.5) is 0 Å². The zero-order chi connectivity index (χ0) is 22.2. The molecule has 0 bridgehead atoms. The smallest absolute Gasteiger partial charge is 0.0159 e. The van der Waals surface area contributed by atoms with Crippen molar-refractivity contribution in [3.8, 4) is 22.3 Å². The van der Waals surface area contributed by atoms with E-state index in [1.165, 1.54) is 65.7 Å². The molecule has 0 fully saturated rings. The molecule has 156 valence electrons. The van der Waals surface area contributed by atoms with Gasteiger partial charge in [-0.05, 0) is 77.8 Å². The summed E-state index contributed by atoms with van der Waals surface area (Å²) >= 11 is 0. The molecule has 0 aromatic heterocycles. The summed E-state index contributed by atoms with van der Waals surface area (Å²) in [6.45, 7) is 4.74. The molecule has 0 amide bonds. The van der Waals surface area contributed by atoms with Gasteiger partial charge in [0.05, 0.1) is 0 Å². The highest BCUT2D eigenvalue weighted by atomic mass is 14.3. The molecular formula is C33H24. The fraction of sp³-hybridized carbons (Fsp3) is 0.0909. The Bertz CT molecular complexity index is 1690. The summed E-state index contributed by atoms with van der Waals surface area (Å²) < 4.78 is 0. The lowest BCUT2D eigenvalue weighted by molar-refractivity contribution is 0.652. The Morgan fingerprint density at radius 2 is 1.09 bits per heavy atom. The van der Waals surface area contributed by atoms with E-state index in [9.17, 15) is 0 Å². The molecule has 0 aliphatic heterocycles. The summed E-state index contributed by atoms with van der Waals surface area (Å²) in [6, 6.07) is 40.3. The van der Waals surface area contributed by atoms with E-state index in [-0.39, 0.29) is 5.41 Å². The molecule has 0 atom stereocenters. The molecule has 0 saturated heterocycles. The van der Waals surface area contributed by atoms with Gasteiger partial charge in [0.15, 0.2) is 0 Å². The highest BCUT2D eigenvalue weighted by Gasteiger charge is 2.32. The molecule has 0 saturated carbocycles. The van der Waals surface area contributed by atoms with E-state index in [1.54, 1.807) is 0 Å². The number of hydrogen-bond donors (Lipinski definition) is 0. The van der Waals surface area contributed by atoms with Crippen molar-refractivity contribution in [2.24, 2.45) is 0 Å². The van der Waals surface area contributed by atoms with Gasteiger partial charge in [-0.25, -0.2) is 0 Å². The largest absolute Gasteiger partial charge is 0.0622 e. The van der Waals surface area contributed by atoms with Crippen LogP contribution in [-0.4, -0.2) is 0 Å². The van der Waals surface area contributed by atoms with Crippen LogP contribution in [-0.2, 0) is 5.41 Å². The van der Waals surface area contributed by atoms with Crippen LogP contribution in [0.2, 0.25) is 0 Å². The lowest BCUT2D eigenvalue weighted by Crippen LogP contribution is -2.22. The molecule has 0 N–H and O–H groups in total. The van der Waals surface area contributed by atoms with Crippen LogP contribution in [0.3, 0.4) is 0 Å². The van der Waals surface area contributed by atoms with Gasteiger partial charge < -0.3 is 0 Å². The third-order valence-corrected chi connectivity index (χ3v) is 7.61. The predicted molar refractivity (Wildman–Crippen MR) is 142 cm³/mol. The molecule has 0 heterocycles. The van der Waals surface area contributed by atoms with Crippen molar-refractivity contribution in [1.29, 1.82) is 0 Å². The lowest BCUT2D eigenvalue weighted by Gasteiger charge is -2.34. The first-order valence-electron chi connectivity index (χ1n) is 11.7. The molecule has 0 unspecified atom stereocenters. The first-order valence-corrected chi connectivity index (χ1v) is 11.7. The second-order valence-corrected chi connectivity index (χ2v) is 9.79. The summed E-state index contributed by atoms with van der Waals surface area (Å²) in [7, 11) is 0. The minimum absolute atomic E-state index is 0.0188. The topological polar surface area (TPSA) is 0 Å². The zero-order valence-corrected chi connectivity index (χ0v) is 18.9. The van der Waals surface area contributed by atoms with Crippen LogP contribution >= 0.6 is 0 Å². The van der Waals surface area contributed by atoms with Gasteiger partial charge in [-0.1, -0.05) is 111 Å². The first-order chi connectivity index (χ1) is 16.1. The monoisotopic (exact) mass is 420 g/mol. The van der Waals surface area contributed by atoms with Gasteiger partial charge in [-0.2, -0.15) is 0 Å². The Labute approximate surface area is 194 Å². The van der Waals surface area contributed by atoms with Crippen LogP contribution in [0.1, 0.15) is 25.0 Å². The fourth-order valence-electron chi connectivity index (χ4n) is 5.99. The number of benzene rings is 6. The minimum atomic E-state index is -0.0188. The molecule has 1 aliphatic carbocycles. The Morgan fingerprint density at radius 3 is 1.88 bits per heavy atom. The molecule has 0 nitrogen and oxygen atoms in total. The van der Waals surface area contributed by atoms with Crippen molar-refractivity contribution in [3.63, 3.8) is 0 Å². The molecule has 1 aliphatic rings. The van der Waals surface area contributed by atoms with E-state index in [0.717, 1.165) is 0 Å². The van der Waals surface area contributed by atoms with Gasteiger partial charge in [0.2, 0.25) is 0 Å². The summed E-state index contributed by atoms with van der Waals surface area (Å²) in [5.74, 6) is 0.